The number of hydrogen-bond acceptors (Lipinski definition) is 2. The molecule has 0 unspecified atom stereocenters. The van der Waals surface area contributed by atoms with Gasteiger partial charge in [0.05, 0.1) is 16.8 Å². The molecule has 0 N–H and O–H groups in total. The van der Waals surface area contributed by atoms with Crippen LogP contribution in [-0.2, 0) is 5.41 Å². The van der Waals surface area contributed by atoms with Crippen molar-refractivity contribution in [1.29, 1.82) is 0 Å². The Hall–Kier alpha value is -8.30. The molecule has 1 aromatic heterocycles. The predicted octanol–water partition coefficient (Wildman–Crippen LogP) is 18.0. The van der Waals surface area contributed by atoms with E-state index in [9.17, 15) is 0 Å². The average Bonchev–Trinajstić information content (AvgIpc) is 3.94. The molecular weight excluding hydrogens is 827 g/mol. The SMILES string of the molecule is c1ccc(C2(c3ccccc3)c3ccccc3-c3c(N(c4ccc(-c5cccc(-c6ccc7ccccc7c6)c5)cc4)c4ccccc4-c4cccc5c4sc4ccccc45)cccc32)cc1. The summed E-state index contributed by atoms with van der Waals surface area (Å²) in [4.78, 5) is 2.53. The quantitative estimate of drug-likeness (QED) is 0.147. The van der Waals surface area contributed by atoms with Crippen LogP contribution in [0.3, 0.4) is 0 Å². The Kier molecular flexibility index (Phi) is 9.33. The molecule has 67 heavy (non-hydrogen) atoms. The lowest BCUT2D eigenvalue weighted by Crippen LogP contribution is -2.28. The Morgan fingerprint density at radius 2 is 0.881 bits per heavy atom. The monoisotopic (exact) mass is 869 g/mol. The van der Waals surface area contributed by atoms with Gasteiger partial charge in [0.1, 0.15) is 0 Å². The highest BCUT2D eigenvalue weighted by molar-refractivity contribution is 7.26. The molecule has 0 spiro atoms. The fraction of sp³-hybridized carbons (Fsp3) is 0.0154. The van der Waals surface area contributed by atoms with E-state index in [1.54, 1.807) is 0 Å². The number of hydrogen-bond donors (Lipinski definition) is 0. The zero-order chi connectivity index (χ0) is 44.3. The molecule has 0 amide bonds. The van der Waals surface area contributed by atoms with Gasteiger partial charge in [-0.3, -0.25) is 0 Å². The molecule has 0 fully saturated rings. The zero-order valence-corrected chi connectivity index (χ0v) is 37.5. The Balaban J connectivity index is 1.03. The van der Waals surface area contributed by atoms with Crippen molar-refractivity contribution in [3.8, 4) is 44.5 Å². The van der Waals surface area contributed by atoms with Crippen LogP contribution >= 0.6 is 11.3 Å². The summed E-state index contributed by atoms with van der Waals surface area (Å²) in [5, 5.41) is 5.09. The van der Waals surface area contributed by atoms with Crippen LogP contribution in [0.15, 0.2) is 261 Å². The summed E-state index contributed by atoms with van der Waals surface area (Å²) in [5.74, 6) is 0. The number of rotatable bonds is 8. The third-order valence-corrected chi connectivity index (χ3v) is 15.2. The van der Waals surface area contributed by atoms with E-state index in [1.165, 1.54) is 97.7 Å². The molecule has 1 heterocycles. The van der Waals surface area contributed by atoms with Gasteiger partial charge < -0.3 is 4.90 Å². The third kappa shape index (κ3) is 6.29. The largest absolute Gasteiger partial charge is 0.309 e. The maximum absolute atomic E-state index is 2.53. The molecule has 0 atom stereocenters. The number of anilines is 3. The van der Waals surface area contributed by atoms with Gasteiger partial charge in [-0.05, 0) is 103 Å². The highest BCUT2D eigenvalue weighted by atomic mass is 32.1. The van der Waals surface area contributed by atoms with E-state index in [4.69, 9.17) is 0 Å². The molecule has 0 radical (unpaired) electrons. The van der Waals surface area contributed by atoms with Crippen molar-refractivity contribution in [3.05, 3.63) is 283 Å². The van der Waals surface area contributed by atoms with Crippen molar-refractivity contribution in [2.75, 3.05) is 4.90 Å². The Labute approximate surface area is 395 Å². The molecule has 1 nitrogen and oxygen atoms in total. The summed E-state index contributed by atoms with van der Waals surface area (Å²) in [7, 11) is 0. The Morgan fingerprint density at radius 1 is 0.328 bits per heavy atom. The summed E-state index contributed by atoms with van der Waals surface area (Å²) in [6.07, 6.45) is 0. The van der Waals surface area contributed by atoms with E-state index >= 15 is 0 Å². The molecule has 2 heteroatoms. The lowest BCUT2D eigenvalue weighted by atomic mass is 9.68. The van der Waals surface area contributed by atoms with Crippen LogP contribution in [0.5, 0.6) is 0 Å². The maximum Gasteiger partial charge on any atom is 0.0714 e. The third-order valence-electron chi connectivity index (χ3n) is 13.9. The maximum atomic E-state index is 2.53. The van der Waals surface area contributed by atoms with E-state index in [1.807, 2.05) is 11.3 Å². The highest BCUT2D eigenvalue weighted by Gasteiger charge is 2.47. The molecule has 0 bridgehead atoms. The van der Waals surface area contributed by atoms with Crippen LogP contribution in [0.1, 0.15) is 22.3 Å². The van der Waals surface area contributed by atoms with Crippen molar-refractivity contribution >= 4 is 59.3 Å². The van der Waals surface area contributed by atoms with E-state index in [0.717, 1.165) is 17.1 Å². The minimum atomic E-state index is -0.530. The van der Waals surface area contributed by atoms with Crippen LogP contribution < -0.4 is 4.90 Å². The van der Waals surface area contributed by atoms with E-state index in [2.05, 4.69) is 266 Å². The summed E-state index contributed by atoms with van der Waals surface area (Å²) >= 11 is 1.88. The molecule has 13 rings (SSSR count). The topological polar surface area (TPSA) is 3.24 Å². The number of benzene rings is 11. The van der Waals surface area contributed by atoms with Crippen LogP contribution in [0.25, 0.3) is 75.5 Å². The number of thiophene rings is 1. The zero-order valence-electron chi connectivity index (χ0n) is 36.7. The smallest absolute Gasteiger partial charge is 0.0714 e. The van der Waals surface area contributed by atoms with Crippen molar-refractivity contribution in [3.63, 3.8) is 0 Å². The molecule has 314 valence electrons. The minimum Gasteiger partial charge on any atom is -0.309 e. The van der Waals surface area contributed by atoms with Gasteiger partial charge in [0.25, 0.3) is 0 Å². The second-order valence-corrected chi connectivity index (χ2v) is 18.6. The number of nitrogens with zero attached hydrogens (tertiary/aromatic N) is 1. The first-order valence-electron chi connectivity index (χ1n) is 23.1. The van der Waals surface area contributed by atoms with Gasteiger partial charge in [-0.2, -0.15) is 0 Å². The summed E-state index contributed by atoms with van der Waals surface area (Å²) in [5.41, 5.74) is 17.6. The van der Waals surface area contributed by atoms with Gasteiger partial charge in [-0.25, -0.2) is 0 Å². The molecule has 0 saturated heterocycles. The van der Waals surface area contributed by atoms with E-state index < -0.39 is 5.41 Å². The van der Waals surface area contributed by atoms with Crippen molar-refractivity contribution in [2.24, 2.45) is 0 Å². The van der Waals surface area contributed by atoms with Gasteiger partial charge in [-0.15, -0.1) is 11.3 Å². The average molecular weight is 870 g/mol. The normalized spacial score (nSPS) is 12.6. The molecule has 12 aromatic rings. The fourth-order valence-electron chi connectivity index (χ4n) is 11.0. The summed E-state index contributed by atoms with van der Waals surface area (Å²) in [6, 6.07) is 96.4. The molecule has 0 aliphatic heterocycles. The number of fused-ring (bicyclic) bond motifs is 7. The number of para-hydroxylation sites is 1. The second kappa shape index (κ2) is 16.0. The molecule has 0 saturated carbocycles. The Morgan fingerprint density at radius 3 is 1.69 bits per heavy atom. The predicted molar refractivity (Wildman–Crippen MR) is 285 cm³/mol. The minimum absolute atomic E-state index is 0.530. The molecule has 1 aliphatic carbocycles. The van der Waals surface area contributed by atoms with Gasteiger partial charge >= 0.3 is 0 Å². The molecular formula is C65H43NS. The fourth-order valence-corrected chi connectivity index (χ4v) is 12.2. The van der Waals surface area contributed by atoms with Crippen molar-refractivity contribution in [2.45, 2.75) is 5.41 Å². The van der Waals surface area contributed by atoms with Crippen molar-refractivity contribution < 1.29 is 0 Å². The van der Waals surface area contributed by atoms with Gasteiger partial charge in [-0.1, -0.05) is 218 Å². The Bertz CT molecular complexity index is 3770. The van der Waals surface area contributed by atoms with Gasteiger partial charge in [0.2, 0.25) is 0 Å². The highest BCUT2D eigenvalue weighted by Crippen LogP contribution is 2.60. The first-order chi connectivity index (χ1) is 33.2. The van der Waals surface area contributed by atoms with Gasteiger partial charge in [0, 0.05) is 42.6 Å². The van der Waals surface area contributed by atoms with Crippen LogP contribution in [0.2, 0.25) is 0 Å². The van der Waals surface area contributed by atoms with E-state index in [0.29, 0.717) is 0 Å². The van der Waals surface area contributed by atoms with E-state index in [-0.39, 0.29) is 0 Å². The van der Waals surface area contributed by atoms with Crippen LogP contribution in [0.4, 0.5) is 17.1 Å². The lowest BCUT2D eigenvalue weighted by molar-refractivity contribution is 0.768. The van der Waals surface area contributed by atoms with Crippen LogP contribution in [-0.4, -0.2) is 0 Å². The second-order valence-electron chi connectivity index (χ2n) is 17.5. The summed E-state index contributed by atoms with van der Waals surface area (Å²) in [6.45, 7) is 0. The molecule has 11 aromatic carbocycles. The first-order valence-corrected chi connectivity index (χ1v) is 23.9. The van der Waals surface area contributed by atoms with Crippen molar-refractivity contribution in [1.82, 2.24) is 0 Å². The first kappa shape index (κ1) is 39.1. The van der Waals surface area contributed by atoms with Crippen LogP contribution in [0, 0.1) is 0 Å². The standard InChI is InChI=1S/C65H43NS/c1-3-22-50(23-4-1)65(51-24-5-2-6-25-51)58-31-12-9-28-57(58)63-59(65)32-17-34-61(63)66(60-33-13-10-26-53(60)55-29-16-30-56-54-27-11-14-35-62(54)67-64(55)56)52-40-38-45(39-41-52)47-20-15-21-48(42-47)49-37-36-44-18-7-8-19-46(44)43-49/h1-43H. The summed E-state index contributed by atoms with van der Waals surface area (Å²) < 4.78 is 2.60. The van der Waals surface area contributed by atoms with Gasteiger partial charge in [0.15, 0.2) is 0 Å². The molecule has 1 aliphatic rings. The lowest BCUT2D eigenvalue weighted by Gasteiger charge is -2.34.